The third-order valence-corrected chi connectivity index (χ3v) is 2.30. The second-order valence-electron chi connectivity index (χ2n) is 3.34. The van der Waals surface area contributed by atoms with Crippen LogP contribution in [0, 0.1) is 0 Å². The summed E-state index contributed by atoms with van der Waals surface area (Å²) in [6.07, 6.45) is 5.82. The number of benzene rings is 1. The molecule has 1 amide bonds. The summed E-state index contributed by atoms with van der Waals surface area (Å²) in [4.78, 5) is 19.2. The second kappa shape index (κ2) is 5.88. The van der Waals surface area contributed by atoms with Crippen LogP contribution in [0.4, 0.5) is 0 Å². The highest BCUT2D eigenvalue weighted by molar-refractivity contribution is 6.30. The van der Waals surface area contributed by atoms with Gasteiger partial charge in [-0.25, -0.2) is 10.4 Å². The van der Waals surface area contributed by atoms with Gasteiger partial charge in [-0.1, -0.05) is 23.7 Å². The van der Waals surface area contributed by atoms with Gasteiger partial charge in [-0.3, -0.25) is 9.78 Å². The van der Waals surface area contributed by atoms with E-state index in [4.69, 9.17) is 11.6 Å². The minimum absolute atomic E-state index is 0.214. The molecular weight excluding hydrogens is 252 g/mol. The van der Waals surface area contributed by atoms with Crippen molar-refractivity contribution >= 4 is 23.7 Å². The van der Waals surface area contributed by atoms with Crippen LogP contribution in [-0.4, -0.2) is 22.1 Å². The van der Waals surface area contributed by atoms with E-state index < -0.39 is 5.91 Å². The Kier molecular flexibility index (Phi) is 3.98. The number of halogens is 1. The number of carbonyl (C=O) groups is 1. The molecule has 6 heteroatoms. The average molecular weight is 261 g/mol. The molecule has 0 saturated heterocycles. The van der Waals surface area contributed by atoms with E-state index in [9.17, 15) is 4.79 Å². The summed E-state index contributed by atoms with van der Waals surface area (Å²) in [6, 6.07) is 7.07. The SMILES string of the molecule is O=C(N/N=C\c1ccc(Cl)cc1)c1cnccn1. The van der Waals surface area contributed by atoms with Crippen LogP contribution in [0.3, 0.4) is 0 Å². The standard InChI is InChI=1S/C12H9ClN4O/c13-10-3-1-9(2-4-10)7-16-17-12(18)11-8-14-5-6-15-11/h1-8H,(H,17,18)/b16-7-. The number of aromatic nitrogens is 2. The minimum Gasteiger partial charge on any atom is -0.265 e. The predicted octanol–water partition coefficient (Wildman–Crippen LogP) is 1.89. The average Bonchev–Trinajstić information content (AvgIpc) is 2.42. The molecule has 5 nitrogen and oxygen atoms in total. The van der Waals surface area contributed by atoms with E-state index in [1.54, 1.807) is 24.3 Å². The van der Waals surface area contributed by atoms with Crippen LogP contribution in [0.1, 0.15) is 16.1 Å². The Labute approximate surface area is 109 Å². The van der Waals surface area contributed by atoms with Crippen molar-refractivity contribution in [3.8, 4) is 0 Å². The van der Waals surface area contributed by atoms with Crippen molar-refractivity contribution in [1.29, 1.82) is 0 Å². The number of carbonyl (C=O) groups excluding carboxylic acids is 1. The maximum atomic E-state index is 11.5. The first-order valence-electron chi connectivity index (χ1n) is 5.11. The highest BCUT2D eigenvalue weighted by Gasteiger charge is 2.04. The molecule has 0 bridgehead atoms. The van der Waals surface area contributed by atoms with Crippen LogP contribution in [-0.2, 0) is 0 Å². The van der Waals surface area contributed by atoms with Gasteiger partial charge in [0.05, 0.1) is 12.4 Å². The maximum absolute atomic E-state index is 11.5. The minimum atomic E-state index is -0.409. The lowest BCUT2D eigenvalue weighted by Gasteiger charge is -1.97. The lowest BCUT2D eigenvalue weighted by Crippen LogP contribution is -2.19. The quantitative estimate of drug-likeness (QED) is 0.677. The first-order valence-corrected chi connectivity index (χ1v) is 5.48. The third-order valence-electron chi connectivity index (χ3n) is 2.05. The largest absolute Gasteiger partial charge is 0.291 e. The molecule has 0 fully saturated rings. The Morgan fingerprint density at radius 2 is 2.06 bits per heavy atom. The molecule has 90 valence electrons. The van der Waals surface area contributed by atoms with Crippen LogP contribution in [0.2, 0.25) is 5.02 Å². The molecule has 18 heavy (non-hydrogen) atoms. The van der Waals surface area contributed by atoms with Crippen LogP contribution in [0.25, 0.3) is 0 Å². The van der Waals surface area contributed by atoms with E-state index in [1.165, 1.54) is 24.8 Å². The number of nitrogens with zero attached hydrogens (tertiary/aromatic N) is 3. The number of hydrogen-bond donors (Lipinski definition) is 1. The molecule has 0 atom stereocenters. The number of nitrogens with one attached hydrogen (secondary N) is 1. The van der Waals surface area contributed by atoms with E-state index in [0.29, 0.717) is 5.02 Å². The van der Waals surface area contributed by atoms with E-state index >= 15 is 0 Å². The zero-order valence-electron chi connectivity index (χ0n) is 9.25. The van der Waals surface area contributed by atoms with Crippen molar-refractivity contribution in [2.45, 2.75) is 0 Å². The summed E-state index contributed by atoms with van der Waals surface area (Å²) in [7, 11) is 0. The third kappa shape index (κ3) is 3.36. The van der Waals surface area contributed by atoms with Gasteiger partial charge in [0.1, 0.15) is 5.69 Å². The Bertz CT molecular complexity index is 554. The number of amides is 1. The second-order valence-corrected chi connectivity index (χ2v) is 3.78. The smallest absolute Gasteiger partial charge is 0.265 e. The Balaban J connectivity index is 1.96. The van der Waals surface area contributed by atoms with Gasteiger partial charge < -0.3 is 0 Å². The first kappa shape index (κ1) is 12.2. The van der Waals surface area contributed by atoms with E-state index in [-0.39, 0.29) is 5.69 Å². The zero-order chi connectivity index (χ0) is 12.8. The molecule has 0 aliphatic rings. The van der Waals surface area contributed by atoms with Crippen LogP contribution in [0.5, 0.6) is 0 Å². The van der Waals surface area contributed by atoms with Gasteiger partial charge in [-0.15, -0.1) is 0 Å². The fourth-order valence-electron chi connectivity index (χ4n) is 1.19. The van der Waals surface area contributed by atoms with E-state index in [2.05, 4.69) is 20.5 Å². The molecule has 1 heterocycles. The molecule has 0 aliphatic carbocycles. The lowest BCUT2D eigenvalue weighted by molar-refractivity contribution is 0.0950. The first-order chi connectivity index (χ1) is 8.75. The molecule has 1 aromatic heterocycles. The normalized spacial score (nSPS) is 10.5. The molecule has 1 aromatic carbocycles. The lowest BCUT2D eigenvalue weighted by atomic mass is 10.2. The monoisotopic (exact) mass is 260 g/mol. The van der Waals surface area contributed by atoms with Gasteiger partial charge >= 0.3 is 0 Å². The molecule has 0 aliphatic heterocycles. The van der Waals surface area contributed by atoms with Crippen LogP contribution >= 0.6 is 11.6 Å². The molecular formula is C12H9ClN4O. The van der Waals surface area contributed by atoms with Crippen molar-refractivity contribution in [3.63, 3.8) is 0 Å². The summed E-state index contributed by atoms with van der Waals surface area (Å²) >= 11 is 5.75. The van der Waals surface area contributed by atoms with Crippen molar-refractivity contribution in [1.82, 2.24) is 15.4 Å². The molecule has 1 N–H and O–H groups in total. The summed E-state index contributed by atoms with van der Waals surface area (Å²) in [5.74, 6) is -0.409. The van der Waals surface area contributed by atoms with Gasteiger partial charge in [0.25, 0.3) is 5.91 Å². The Morgan fingerprint density at radius 1 is 1.28 bits per heavy atom. The number of hydrogen-bond acceptors (Lipinski definition) is 4. The number of hydrazone groups is 1. The van der Waals surface area contributed by atoms with Gasteiger partial charge in [0.2, 0.25) is 0 Å². The zero-order valence-corrected chi connectivity index (χ0v) is 10.0. The molecule has 0 saturated carbocycles. The highest BCUT2D eigenvalue weighted by Crippen LogP contribution is 2.07. The molecule has 0 unspecified atom stereocenters. The van der Waals surface area contributed by atoms with Crippen molar-refractivity contribution in [2.24, 2.45) is 5.10 Å². The van der Waals surface area contributed by atoms with E-state index in [0.717, 1.165) is 5.56 Å². The van der Waals surface area contributed by atoms with Crippen LogP contribution in [0.15, 0.2) is 48.0 Å². The van der Waals surface area contributed by atoms with Crippen molar-refractivity contribution in [3.05, 3.63) is 59.1 Å². The molecule has 2 aromatic rings. The highest BCUT2D eigenvalue weighted by atomic mass is 35.5. The Hall–Kier alpha value is -2.27. The molecule has 2 rings (SSSR count). The molecule has 0 radical (unpaired) electrons. The summed E-state index contributed by atoms with van der Waals surface area (Å²) in [6.45, 7) is 0. The predicted molar refractivity (Wildman–Crippen MR) is 68.5 cm³/mol. The maximum Gasteiger partial charge on any atom is 0.291 e. The topological polar surface area (TPSA) is 67.2 Å². The Morgan fingerprint density at radius 3 is 2.72 bits per heavy atom. The van der Waals surface area contributed by atoms with Gasteiger partial charge in [-0.05, 0) is 17.7 Å². The fraction of sp³-hybridized carbons (Fsp3) is 0. The van der Waals surface area contributed by atoms with Crippen molar-refractivity contribution < 1.29 is 4.79 Å². The molecule has 0 spiro atoms. The van der Waals surface area contributed by atoms with Gasteiger partial charge in [0, 0.05) is 17.4 Å². The summed E-state index contributed by atoms with van der Waals surface area (Å²) in [5.41, 5.74) is 3.40. The van der Waals surface area contributed by atoms with Gasteiger partial charge in [-0.2, -0.15) is 5.10 Å². The van der Waals surface area contributed by atoms with E-state index in [1.807, 2.05) is 0 Å². The summed E-state index contributed by atoms with van der Waals surface area (Å²) in [5, 5.41) is 4.46. The summed E-state index contributed by atoms with van der Waals surface area (Å²) < 4.78 is 0. The van der Waals surface area contributed by atoms with Crippen LogP contribution < -0.4 is 5.43 Å². The fourth-order valence-corrected chi connectivity index (χ4v) is 1.31. The number of rotatable bonds is 3. The van der Waals surface area contributed by atoms with Gasteiger partial charge in [0.15, 0.2) is 0 Å². The van der Waals surface area contributed by atoms with Crippen molar-refractivity contribution in [2.75, 3.05) is 0 Å².